The number of nitrogens with one attached hydrogen (secondary N) is 1. The maximum atomic E-state index is 11.9. The minimum atomic E-state index is -0.298. The fourth-order valence-electron chi connectivity index (χ4n) is 3.09. The van der Waals surface area contributed by atoms with E-state index in [4.69, 9.17) is 4.74 Å². The molecular weight excluding hydrogens is 302 g/mol. The van der Waals surface area contributed by atoms with E-state index in [-0.39, 0.29) is 23.9 Å². The average Bonchev–Trinajstić information content (AvgIpc) is 3.04. The molecule has 24 heavy (non-hydrogen) atoms. The monoisotopic (exact) mass is 331 g/mol. The van der Waals surface area contributed by atoms with Crippen LogP contribution in [0.4, 0.5) is 5.69 Å². The van der Waals surface area contributed by atoms with Gasteiger partial charge in [-0.25, -0.2) is 0 Å². The number of ether oxygens (including phenoxy) is 1. The molecule has 1 fully saturated rings. The summed E-state index contributed by atoms with van der Waals surface area (Å²) in [5.74, 6) is 0.0839. The fourth-order valence-corrected chi connectivity index (χ4v) is 3.09. The topological polar surface area (TPSA) is 55.4 Å². The zero-order chi connectivity index (χ0) is 17.6. The Morgan fingerprint density at radius 3 is 2.33 bits per heavy atom. The van der Waals surface area contributed by atoms with Gasteiger partial charge in [0.25, 0.3) is 5.91 Å². The Kier molecular flexibility index (Phi) is 6.41. The Labute approximate surface area is 145 Å². The van der Waals surface area contributed by atoms with Crippen LogP contribution >= 0.6 is 0 Å². The lowest BCUT2D eigenvalue weighted by Gasteiger charge is -2.19. The Morgan fingerprint density at radius 1 is 1.12 bits per heavy atom. The number of hydrogen-bond acceptors (Lipinski definition) is 3. The molecule has 0 unspecified atom stereocenters. The van der Waals surface area contributed by atoms with E-state index in [2.05, 4.69) is 26.1 Å². The first kappa shape index (κ1) is 18.5. The second kappa shape index (κ2) is 8.32. The number of carbonyl (C=O) groups is 2. The smallest absolute Gasteiger partial charge is 0.306 e. The van der Waals surface area contributed by atoms with E-state index in [1.165, 1.54) is 31.2 Å². The number of anilines is 1. The molecule has 1 N–H and O–H groups in total. The Morgan fingerprint density at radius 2 is 1.75 bits per heavy atom. The number of hydrogen-bond donors (Lipinski definition) is 1. The van der Waals surface area contributed by atoms with Crippen LogP contribution in [0.3, 0.4) is 0 Å². The molecule has 1 amide bonds. The first-order chi connectivity index (χ1) is 11.3. The van der Waals surface area contributed by atoms with Gasteiger partial charge in [0.05, 0.1) is 0 Å². The molecule has 0 aromatic heterocycles. The lowest BCUT2D eigenvalue weighted by Crippen LogP contribution is -2.21. The summed E-state index contributed by atoms with van der Waals surface area (Å²) in [6.07, 6.45) is 6.29. The highest BCUT2D eigenvalue weighted by atomic mass is 16.5. The van der Waals surface area contributed by atoms with Gasteiger partial charge in [-0.15, -0.1) is 0 Å². The largest absolute Gasteiger partial charge is 0.456 e. The van der Waals surface area contributed by atoms with Crippen LogP contribution < -0.4 is 5.32 Å². The van der Waals surface area contributed by atoms with Crippen LogP contribution in [-0.2, 0) is 19.7 Å². The first-order valence-electron chi connectivity index (χ1n) is 8.90. The predicted molar refractivity (Wildman–Crippen MR) is 95.9 cm³/mol. The van der Waals surface area contributed by atoms with Crippen LogP contribution in [0, 0.1) is 5.92 Å². The molecule has 0 saturated heterocycles. The molecule has 0 atom stereocenters. The quantitative estimate of drug-likeness (QED) is 0.784. The molecule has 4 nitrogen and oxygen atoms in total. The molecule has 1 saturated carbocycles. The number of esters is 1. The van der Waals surface area contributed by atoms with Gasteiger partial charge in [0.15, 0.2) is 6.61 Å². The zero-order valence-corrected chi connectivity index (χ0v) is 15.1. The lowest BCUT2D eigenvalue weighted by atomic mass is 9.87. The summed E-state index contributed by atoms with van der Waals surface area (Å²) in [5.41, 5.74) is 2.01. The lowest BCUT2D eigenvalue weighted by molar-refractivity contribution is -0.147. The average molecular weight is 331 g/mol. The maximum absolute atomic E-state index is 11.9. The van der Waals surface area contributed by atoms with Crippen LogP contribution in [0.2, 0.25) is 0 Å². The van der Waals surface area contributed by atoms with Gasteiger partial charge in [0, 0.05) is 12.1 Å². The molecule has 0 radical (unpaired) electrons. The molecule has 0 aliphatic heterocycles. The predicted octanol–water partition coefficient (Wildman–Crippen LogP) is 4.44. The third-order valence-electron chi connectivity index (χ3n) is 4.63. The maximum Gasteiger partial charge on any atom is 0.306 e. The van der Waals surface area contributed by atoms with Crippen LogP contribution in [0.5, 0.6) is 0 Å². The summed E-state index contributed by atoms with van der Waals surface area (Å²) in [7, 11) is 0. The van der Waals surface area contributed by atoms with Crippen molar-refractivity contribution in [3.63, 3.8) is 0 Å². The molecule has 2 rings (SSSR count). The molecule has 1 aliphatic rings. The molecule has 1 aromatic rings. The van der Waals surface area contributed by atoms with E-state index < -0.39 is 0 Å². The molecule has 4 heteroatoms. The second-order valence-electron chi connectivity index (χ2n) is 7.73. The number of benzene rings is 1. The van der Waals surface area contributed by atoms with E-state index in [1.807, 2.05) is 24.3 Å². The molecule has 0 spiro atoms. The van der Waals surface area contributed by atoms with Crippen molar-refractivity contribution in [2.75, 3.05) is 11.9 Å². The fraction of sp³-hybridized carbons (Fsp3) is 0.600. The number of rotatable bonds is 6. The minimum absolute atomic E-state index is 0.0807. The molecular formula is C20H29NO3. The van der Waals surface area contributed by atoms with Gasteiger partial charge in [-0.3, -0.25) is 9.59 Å². The Hall–Kier alpha value is -1.84. The first-order valence-corrected chi connectivity index (χ1v) is 8.90. The van der Waals surface area contributed by atoms with Crippen molar-refractivity contribution in [1.29, 1.82) is 0 Å². The highest BCUT2D eigenvalue weighted by molar-refractivity contribution is 5.92. The summed E-state index contributed by atoms with van der Waals surface area (Å²) >= 11 is 0. The van der Waals surface area contributed by atoms with Gasteiger partial charge < -0.3 is 10.1 Å². The normalized spacial score (nSPS) is 15.3. The summed E-state index contributed by atoms with van der Waals surface area (Å²) in [4.78, 5) is 23.6. The SMILES string of the molecule is CC(C)(C)c1ccc(NC(=O)COC(=O)CCC2CCCC2)cc1. The minimum Gasteiger partial charge on any atom is -0.456 e. The third-order valence-corrected chi connectivity index (χ3v) is 4.63. The van der Waals surface area contributed by atoms with Crippen molar-refractivity contribution in [1.82, 2.24) is 0 Å². The second-order valence-corrected chi connectivity index (χ2v) is 7.73. The number of amides is 1. The van der Waals surface area contributed by atoms with Gasteiger partial charge in [-0.05, 0) is 35.4 Å². The van der Waals surface area contributed by atoms with E-state index in [0.29, 0.717) is 12.3 Å². The van der Waals surface area contributed by atoms with Crippen LogP contribution in [-0.4, -0.2) is 18.5 Å². The Bertz CT molecular complexity index is 551. The van der Waals surface area contributed by atoms with Crippen molar-refractivity contribution in [2.45, 2.75) is 64.7 Å². The molecule has 0 heterocycles. The van der Waals surface area contributed by atoms with Crippen LogP contribution in [0.1, 0.15) is 64.9 Å². The van der Waals surface area contributed by atoms with Crippen molar-refractivity contribution in [3.05, 3.63) is 29.8 Å². The van der Waals surface area contributed by atoms with Gasteiger partial charge >= 0.3 is 5.97 Å². The highest BCUT2D eigenvalue weighted by Crippen LogP contribution is 2.28. The van der Waals surface area contributed by atoms with Crippen molar-refractivity contribution < 1.29 is 14.3 Å². The standard InChI is InChI=1S/C20H29NO3/c1-20(2,3)16-9-11-17(12-10-16)21-18(22)14-24-19(23)13-8-15-6-4-5-7-15/h9-12,15H,4-8,13-14H2,1-3H3,(H,21,22). The van der Waals surface area contributed by atoms with Crippen molar-refractivity contribution >= 4 is 17.6 Å². The van der Waals surface area contributed by atoms with E-state index in [0.717, 1.165) is 12.1 Å². The van der Waals surface area contributed by atoms with Gasteiger partial charge in [-0.2, -0.15) is 0 Å². The summed E-state index contributed by atoms with van der Waals surface area (Å²) in [6.45, 7) is 6.22. The van der Waals surface area contributed by atoms with Crippen molar-refractivity contribution in [3.8, 4) is 0 Å². The van der Waals surface area contributed by atoms with E-state index >= 15 is 0 Å². The molecule has 1 aliphatic carbocycles. The van der Waals surface area contributed by atoms with Crippen LogP contribution in [0.15, 0.2) is 24.3 Å². The van der Waals surface area contributed by atoms with Crippen LogP contribution in [0.25, 0.3) is 0 Å². The summed E-state index contributed by atoms with van der Waals surface area (Å²) in [6, 6.07) is 7.76. The summed E-state index contributed by atoms with van der Waals surface area (Å²) in [5, 5.41) is 2.76. The molecule has 0 bridgehead atoms. The third kappa shape index (κ3) is 5.99. The zero-order valence-electron chi connectivity index (χ0n) is 15.1. The van der Waals surface area contributed by atoms with E-state index in [1.54, 1.807) is 0 Å². The Balaban J connectivity index is 1.69. The van der Waals surface area contributed by atoms with Crippen molar-refractivity contribution in [2.24, 2.45) is 5.92 Å². The number of carbonyl (C=O) groups excluding carboxylic acids is 2. The summed E-state index contributed by atoms with van der Waals surface area (Å²) < 4.78 is 5.06. The van der Waals surface area contributed by atoms with Gasteiger partial charge in [0.2, 0.25) is 0 Å². The highest BCUT2D eigenvalue weighted by Gasteiger charge is 2.17. The molecule has 132 valence electrons. The van der Waals surface area contributed by atoms with Gasteiger partial charge in [0.1, 0.15) is 0 Å². The van der Waals surface area contributed by atoms with Gasteiger partial charge in [-0.1, -0.05) is 58.6 Å². The van der Waals surface area contributed by atoms with E-state index in [9.17, 15) is 9.59 Å². The molecule has 1 aromatic carbocycles.